The van der Waals surface area contributed by atoms with E-state index in [-0.39, 0.29) is 0 Å². The largest absolute Gasteiger partial charge is 0.192 e. The van der Waals surface area contributed by atoms with E-state index in [1.54, 1.807) is 6.07 Å². The van der Waals surface area contributed by atoms with Gasteiger partial charge in [0.25, 0.3) is 0 Å². The number of allylic oxidation sites excluding steroid dienone is 3. The summed E-state index contributed by atoms with van der Waals surface area (Å²) in [5.74, 6) is 0. The molecule has 6 rings (SSSR count). The standard InChI is InChI=1S/C44H34N2Si/c1-3-15-41(4-2)47(42-19-10-6-11-20-42,43-21-12-7-13-22-43)44-23-14-18-36(30-44)39-27-38(35-16-8-5-9-17-35)28-40(29-39)37-25-33(31-45)24-34(26-37)32-46/h3,5-30H,1,4H2,2H3/b41-15+. The lowest BCUT2D eigenvalue weighted by atomic mass is 9.92. The van der Waals surface area contributed by atoms with Gasteiger partial charge in [0.15, 0.2) is 8.07 Å². The fourth-order valence-electron chi connectivity index (χ4n) is 6.70. The SMILES string of the molecule is C=C/C=C(\CC)[Si](c1ccccc1)(c1ccccc1)c1cccc(-c2cc(-c3ccccc3)cc(-c3cc(C#N)cc(C#N)c3)c2)c1. The van der Waals surface area contributed by atoms with E-state index in [0.717, 1.165) is 39.8 Å². The molecule has 0 spiro atoms. The van der Waals surface area contributed by atoms with E-state index in [2.05, 4.69) is 147 Å². The number of nitrogens with zero attached hydrogens (tertiary/aromatic N) is 2. The second-order valence-electron chi connectivity index (χ2n) is 11.5. The first-order valence-electron chi connectivity index (χ1n) is 15.8. The van der Waals surface area contributed by atoms with E-state index in [1.165, 1.54) is 20.8 Å². The van der Waals surface area contributed by atoms with Crippen LogP contribution in [0.15, 0.2) is 176 Å². The van der Waals surface area contributed by atoms with Gasteiger partial charge in [-0.1, -0.05) is 146 Å². The van der Waals surface area contributed by atoms with Crippen molar-refractivity contribution in [1.29, 1.82) is 10.5 Å². The lowest BCUT2D eigenvalue weighted by molar-refractivity contribution is 1.18. The molecular weight excluding hydrogens is 585 g/mol. The third-order valence-corrected chi connectivity index (χ3v) is 13.8. The Kier molecular flexibility index (Phi) is 9.21. The zero-order valence-corrected chi connectivity index (χ0v) is 27.4. The normalized spacial score (nSPS) is 11.3. The molecule has 0 unspecified atom stereocenters. The van der Waals surface area contributed by atoms with Crippen LogP contribution in [0.5, 0.6) is 0 Å². The van der Waals surface area contributed by atoms with Crippen molar-refractivity contribution in [3.8, 4) is 45.5 Å². The highest BCUT2D eigenvalue weighted by Crippen LogP contribution is 2.34. The maximum absolute atomic E-state index is 9.73. The topological polar surface area (TPSA) is 47.6 Å². The molecular formula is C44H34N2Si. The van der Waals surface area contributed by atoms with Crippen LogP contribution in [-0.2, 0) is 0 Å². The van der Waals surface area contributed by atoms with Gasteiger partial charge < -0.3 is 0 Å². The number of hydrogen-bond donors (Lipinski definition) is 0. The van der Waals surface area contributed by atoms with E-state index in [1.807, 2.05) is 36.4 Å². The van der Waals surface area contributed by atoms with Crippen molar-refractivity contribution in [3.63, 3.8) is 0 Å². The molecule has 0 saturated carbocycles. The van der Waals surface area contributed by atoms with E-state index < -0.39 is 8.07 Å². The lowest BCUT2D eigenvalue weighted by Crippen LogP contribution is -2.68. The molecule has 0 atom stereocenters. The van der Waals surface area contributed by atoms with Gasteiger partial charge in [-0.05, 0) is 91.8 Å². The lowest BCUT2D eigenvalue weighted by Gasteiger charge is -2.36. The molecule has 0 aliphatic heterocycles. The smallest absolute Gasteiger partial charge is 0.175 e. The molecule has 3 heteroatoms. The van der Waals surface area contributed by atoms with Crippen LogP contribution in [0.2, 0.25) is 0 Å². The fraction of sp³-hybridized carbons (Fsp3) is 0.0455. The molecule has 0 aromatic heterocycles. The highest BCUT2D eigenvalue weighted by Gasteiger charge is 2.42. The van der Waals surface area contributed by atoms with E-state index in [0.29, 0.717) is 11.1 Å². The summed E-state index contributed by atoms with van der Waals surface area (Å²) in [5.41, 5.74) is 7.08. The molecule has 0 amide bonds. The van der Waals surface area contributed by atoms with Crippen LogP contribution >= 0.6 is 0 Å². The Hall–Kier alpha value is -6.00. The number of nitriles is 2. The van der Waals surface area contributed by atoms with E-state index in [9.17, 15) is 10.5 Å². The summed E-state index contributed by atoms with van der Waals surface area (Å²) in [4.78, 5) is 0. The minimum Gasteiger partial charge on any atom is -0.192 e. The molecule has 6 aromatic carbocycles. The second-order valence-corrected chi connectivity index (χ2v) is 15.4. The zero-order valence-electron chi connectivity index (χ0n) is 26.4. The fourth-order valence-corrected chi connectivity index (χ4v) is 11.8. The molecule has 0 heterocycles. The predicted molar refractivity (Wildman–Crippen MR) is 198 cm³/mol. The van der Waals surface area contributed by atoms with Crippen molar-refractivity contribution in [2.45, 2.75) is 13.3 Å². The highest BCUT2D eigenvalue weighted by molar-refractivity contribution is 7.16. The van der Waals surface area contributed by atoms with Crippen LogP contribution in [0, 0.1) is 22.7 Å². The summed E-state index contributed by atoms with van der Waals surface area (Å²) >= 11 is 0. The first kappa shape index (κ1) is 31.0. The Morgan fingerprint density at radius 1 is 0.532 bits per heavy atom. The van der Waals surface area contributed by atoms with Crippen LogP contribution in [0.3, 0.4) is 0 Å². The summed E-state index contributed by atoms with van der Waals surface area (Å²) in [6, 6.07) is 57.6. The highest BCUT2D eigenvalue weighted by atomic mass is 28.3. The molecule has 0 N–H and O–H groups in total. The summed E-state index contributed by atoms with van der Waals surface area (Å²) < 4.78 is 0. The van der Waals surface area contributed by atoms with Crippen molar-refractivity contribution < 1.29 is 0 Å². The van der Waals surface area contributed by atoms with Crippen LogP contribution in [-0.4, -0.2) is 8.07 Å². The van der Waals surface area contributed by atoms with Gasteiger partial charge >= 0.3 is 0 Å². The second kappa shape index (κ2) is 14.0. The van der Waals surface area contributed by atoms with Crippen LogP contribution < -0.4 is 15.6 Å². The Morgan fingerprint density at radius 2 is 0.979 bits per heavy atom. The minimum atomic E-state index is -2.70. The van der Waals surface area contributed by atoms with Gasteiger partial charge in [0.2, 0.25) is 0 Å². The summed E-state index contributed by atoms with van der Waals surface area (Å²) in [6.07, 6.45) is 5.05. The van der Waals surface area contributed by atoms with Crippen molar-refractivity contribution in [2.24, 2.45) is 0 Å². The Balaban J connectivity index is 1.64. The van der Waals surface area contributed by atoms with Crippen molar-refractivity contribution in [2.75, 3.05) is 0 Å². The molecule has 224 valence electrons. The Labute approximate surface area is 278 Å². The average molecular weight is 619 g/mol. The first-order chi connectivity index (χ1) is 23.1. The van der Waals surface area contributed by atoms with Crippen LogP contribution in [0.1, 0.15) is 24.5 Å². The summed E-state index contributed by atoms with van der Waals surface area (Å²) in [7, 11) is -2.70. The molecule has 0 saturated heterocycles. The van der Waals surface area contributed by atoms with Gasteiger partial charge in [0, 0.05) is 0 Å². The third-order valence-electron chi connectivity index (χ3n) is 8.79. The quantitative estimate of drug-likeness (QED) is 0.0923. The molecule has 0 aliphatic carbocycles. The van der Waals surface area contributed by atoms with E-state index in [4.69, 9.17) is 0 Å². The molecule has 0 radical (unpaired) electrons. The maximum Gasteiger partial charge on any atom is 0.175 e. The molecule has 2 nitrogen and oxygen atoms in total. The van der Waals surface area contributed by atoms with Gasteiger partial charge in [-0.3, -0.25) is 0 Å². The third kappa shape index (κ3) is 6.14. The van der Waals surface area contributed by atoms with Crippen LogP contribution in [0.25, 0.3) is 33.4 Å². The molecule has 0 bridgehead atoms. The maximum atomic E-state index is 9.73. The van der Waals surface area contributed by atoms with Gasteiger partial charge in [0.05, 0.1) is 23.3 Å². The predicted octanol–water partition coefficient (Wildman–Crippen LogP) is 8.96. The van der Waals surface area contributed by atoms with Crippen molar-refractivity contribution in [3.05, 3.63) is 187 Å². The Bertz CT molecular complexity index is 2080. The molecule has 47 heavy (non-hydrogen) atoms. The Morgan fingerprint density at radius 3 is 1.49 bits per heavy atom. The summed E-state index contributed by atoms with van der Waals surface area (Å²) in [5, 5.41) is 24.8. The molecule has 0 fully saturated rings. The zero-order chi connectivity index (χ0) is 32.6. The van der Waals surface area contributed by atoms with Crippen molar-refractivity contribution >= 4 is 23.6 Å². The average Bonchev–Trinajstić information content (AvgIpc) is 3.15. The number of rotatable bonds is 9. The van der Waals surface area contributed by atoms with Gasteiger partial charge in [-0.25, -0.2) is 0 Å². The molecule has 6 aromatic rings. The number of hydrogen-bond acceptors (Lipinski definition) is 2. The van der Waals surface area contributed by atoms with Crippen molar-refractivity contribution in [1.82, 2.24) is 0 Å². The van der Waals surface area contributed by atoms with Gasteiger partial charge in [-0.2, -0.15) is 10.5 Å². The van der Waals surface area contributed by atoms with Gasteiger partial charge in [0.1, 0.15) is 0 Å². The minimum absolute atomic E-state index is 0.468. The molecule has 0 aliphatic rings. The monoisotopic (exact) mass is 618 g/mol. The number of benzene rings is 6. The summed E-state index contributed by atoms with van der Waals surface area (Å²) in [6.45, 7) is 6.36. The van der Waals surface area contributed by atoms with E-state index >= 15 is 0 Å². The van der Waals surface area contributed by atoms with Crippen LogP contribution in [0.4, 0.5) is 0 Å². The first-order valence-corrected chi connectivity index (χ1v) is 17.8. The van der Waals surface area contributed by atoms with Gasteiger partial charge in [-0.15, -0.1) is 0 Å².